The Kier molecular flexibility index (Phi) is 39.2. The van der Waals surface area contributed by atoms with Gasteiger partial charge in [0.1, 0.15) is 10.1 Å². The minimum Gasteiger partial charge on any atom is -0.744 e. The summed E-state index contributed by atoms with van der Waals surface area (Å²) in [5.74, 6) is 0. The van der Waals surface area contributed by atoms with Gasteiger partial charge in [-0.2, -0.15) is 0 Å². The number of hydrogen-bond donors (Lipinski definition) is 0. The first kappa shape index (κ1) is 54.1. The molecular formula is C50H97NO3S. The minimum atomic E-state index is -4.35. The van der Waals surface area contributed by atoms with Gasteiger partial charge in [0.15, 0.2) is 0 Å². The summed E-state index contributed by atoms with van der Waals surface area (Å²) in [7, 11) is -4.35. The van der Waals surface area contributed by atoms with E-state index in [2.05, 4.69) is 34.6 Å². The van der Waals surface area contributed by atoms with Gasteiger partial charge in [-0.3, -0.25) is 0 Å². The number of hydrogen-bond acceptors (Lipinski definition) is 3. The average molecular weight is 792 g/mol. The molecule has 0 bridgehead atoms. The Balaban J connectivity index is 0.00000115. The standard InChI is InChI=1S/C32H68N.C18H30O3S/c1-5-9-13-17-21-25-29-33(30-26-22-18-14-10-6-2,31-27-23-19-15-11-7-3)32-28-24-20-16-12-8-4;1-2-3-4-5-6-7-8-9-10-11-14-17-15-12-13-16-18(17)22(19,20)21/h5-32H2,1-4H3;12-13,15-16H,2-11,14H2,1H3,(H,19,20,21)/q+1;/p-1. The van der Waals surface area contributed by atoms with Crippen molar-refractivity contribution >= 4 is 10.1 Å². The number of aryl methyl sites for hydroxylation is 1. The van der Waals surface area contributed by atoms with E-state index >= 15 is 0 Å². The topological polar surface area (TPSA) is 57.2 Å². The van der Waals surface area contributed by atoms with E-state index < -0.39 is 10.1 Å². The van der Waals surface area contributed by atoms with Gasteiger partial charge >= 0.3 is 0 Å². The molecule has 326 valence electrons. The molecule has 55 heavy (non-hydrogen) atoms. The number of quaternary nitrogens is 1. The molecule has 0 atom stereocenters. The molecule has 0 spiro atoms. The second kappa shape index (κ2) is 39.9. The van der Waals surface area contributed by atoms with Crippen LogP contribution in [-0.2, 0) is 16.5 Å². The predicted octanol–water partition coefficient (Wildman–Crippen LogP) is 16.3. The molecule has 4 nitrogen and oxygen atoms in total. The quantitative estimate of drug-likeness (QED) is 0.0378. The zero-order chi connectivity index (χ0) is 40.6. The maximum absolute atomic E-state index is 11.2. The molecule has 0 heterocycles. The fourth-order valence-electron chi connectivity index (χ4n) is 8.34. The second-order valence-corrected chi connectivity index (χ2v) is 18.6. The summed E-state index contributed by atoms with van der Waals surface area (Å²) >= 11 is 0. The highest BCUT2D eigenvalue weighted by atomic mass is 32.2. The van der Waals surface area contributed by atoms with Crippen molar-refractivity contribution in [3.05, 3.63) is 29.8 Å². The van der Waals surface area contributed by atoms with Gasteiger partial charge in [0, 0.05) is 0 Å². The molecule has 0 N–H and O–H groups in total. The zero-order valence-corrected chi connectivity index (χ0v) is 38.8. The van der Waals surface area contributed by atoms with Gasteiger partial charge in [0.2, 0.25) is 0 Å². The van der Waals surface area contributed by atoms with E-state index in [1.54, 1.807) is 18.2 Å². The number of benzene rings is 1. The normalized spacial score (nSPS) is 11.9. The largest absolute Gasteiger partial charge is 0.744 e. The number of rotatable bonds is 40. The molecular weight excluding hydrogens is 695 g/mol. The molecule has 0 radical (unpaired) electrons. The first-order valence-electron chi connectivity index (χ1n) is 24.7. The molecule has 0 unspecified atom stereocenters. The molecule has 0 aromatic heterocycles. The molecule has 5 heteroatoms. The molecule has 0 aliphatic carbocycles. The predicted molar refractivity (Wildman–Crippen MR) is 243 cm³/mol. The van der Waals surface area contributed by atoms with Crippen LogP contribution in [0.15, 0.2) is 29.2 Å². The van der Waals surface area contributed by atoms with Crippen molar-refractivity contribution in [1.82, 2.24) is 0 Å². The Labute approximate surface area is 346 Å². The molecule has 1 rings (SSSR count). The fraction of sp³-hybridized carbons (Fsp3) is 0.880. The van der Waals surface area contributed by atoms with Crippen LogP contribution in [0, 0.1) is 0 Å². The number of nitrogens with zero attached hydrogens (tertiary/aromatic N) is 1. The van der Waals surface area contributed by atoms with E-state index in [9.17, 15) is 13.0 Å². The Morgan fingerprint density at radius 1 is 0.382 bits per heavy atom. The first-order chi connectivity index (χ1) is 26.8. The van der Waals surface area contributed by atoms with Crippen LogP contribution < -0.4 is 0 Å². The third-order valence-electron chi connectivity index (χ3n) is 12.0. The summed E-state index contributed by atoms with van der Waals surface area (Å²) in [5, 5.41) is 0. The first-order valence-corrected chi connectivity index (χ1v) is 26.1. The lowest BCUT2D eigenvalue weighted by atomic mass is 10.0. The van der Waals surface area contributed by atoms with Crippen molar-refractivity contribution in [2.75, 3.05) is 26.2 Å². The Morgan fingerprint density at radius 2 is 0.636 bits per heavy atom. The van der Waals surface area contributed by atoms with Crippen LogP contribution in [0.2, 0.25) is 0 Å². The molecule has 1 aromatic rings. The lowest BCUT2D eigenvalue weighted by Crippen LogP contribution is -2.50. The monoisotopic (exact) mass is 792 g/mol. The minimum absolute atomic E-state index is 0.0501. The van der Waals surface area contributed by atoms with Gasteiger partial charge in [-0.1, -0.05) is 213 Å². The summed E-state index contributed by atoms with van der Waals surface area (Å²) in [5.41, 5.74) is 0.664. The van der Waals surface area contributed by atoms with Crippen molar-refractivity contribution in [3.8, 4) is 0 Å². The SMILES string of the molecule is CCCCCCCCCCCCc1ccccc1S(=O)(=O)[O-].CCCCCCCC[N+](CCCCCCCC)(CCCCCCCC)CCCCCCCC. The smallest absolute Gasteiger partial charge is 0.124 e. The van der Waals surface area contributed by atoms with Gasteiger partial charge in [0.05, 0.1) is 31.1 Å². The second-order valence-electron chi connectivity index (χ2n) is 17.3. The summed E-state index contributed by atoms with van der Waals surface area (Å²) < 4.78 is 35.0. The van der Waals surface area contributed by atoms with Gasteiger partial charge in [0.25, 0.3) is 0 Å². The van der Waals surface area contributed by atoms with Crippen LogP contribution in [0.25, 0.3) is 0 Å². The molecule has 0 saturated heterocycles. The van der Waals surface area contributed by atoms with Crippen LogP contribution in [0.5, 0.6) is 0 Å². The third kappa shape index (κ3) is 33.7. The van der Waals surface area contributed by atoms with E-state index in [1.165, 1.54) is 242 Å². The van der Waals surface area contributed by atoms with Crippen molar-refractivity contribution in [2.24, 2.45) is 0 Å². The highest BCUT2D eigenvalue weighted by molar-refractivity contribution is 7.85. The molecule has 1 aromatic carbocycles. The van der Waals surface area contributed by atoms with Gasteiger partial charge < -0.3 is 9.04 Å². The fourth-order valence-corrected chi connectivity index (χ4v) is 9.07. The summed E-state index contributed by atoms with van der Waals surface area (Å²) in [4.78, 5) is -0.0501. The number of unbranched alkanes of at least 4 members (excludes halogenated alkanes) is 29. The molecule has 0 aliphatic heterocycles. The Morgan fingerprint density at radius 3 is 0.927 bits per heavy atom. The maximum atomic E-state index is 11.2. The van der Waals surface area contributed by atoms with Gasteiger partial charge in [-0.05, 0) is 75.8 Å². The van der Waals surface area contributed by atoms with E-state index in [0.29, 0.717) is 12.0 Å². The molecule has 0 saturated carbocycles. The summed E-state index contributed by atoms with van der Waals surface area (Å²) in [6.07, 6.45) is 47.9. The van der Waals surface area contributed by atoms with Crippen molar-refractivity contribution in [3.63, 3.8) is 0 Å². The lowest BCUT2D eigenvalue weighted by Gasteiger charge is -2.40. The van der Waals surface area contributed by atoms with E-state index in [-0.39, 0.29) is 4.90 Å². The summed E-state index contributed by atoms with van der Waals surface area (Å²) in [6.45, 7) is 17.5. The van der Waals surface area contributed by atoms with E-state index in [4.69, 9.17) is 0 Å². The summed E-state index contributed by atoms with van der Waals surface area (Å²) in [6, 6.07) is 6.56. The highest BCUT2D eigenvalue weighted by Gasteiger charge is 2.25. The maximum Gasteiger partial charge on any atom is 0.124 e. The average Bonchev–Trinajstić information content (AvgIpc) is 3.18. The van der Waals surface area contributed by atoms with Crippen LogP contribution in [0.3, 0.4) is 0 Å². The third-order valence-corrected chi connectivity index (χ3v) is 12.9. The van der Waals surface area contributed by atoms with Crippen LogP contribution in [-0.4, -0.2) is 43.6 Å². The van der Waals surface area contributed by atoms with Crippen molar-refractivity contribution < 1.29 is 17.5 Å². The van der Waals surface area contributed by atoms with Crippen molar-refractivity contribution in [1.29, 1.82) is 0 Å². The highest BCUT2D eigenvalue weighted by Crippen LogP contribution is 2.22. The van der Waals surface area contributed by atoms with E-state index in [1.807, 2.05) is 0 Å². The lowest BCUT2D eigenvalue weighted by molar-refractivity contribution is -0.929. The van der Waals surface area contributed by atoms with Crippen LogP contribution >= 0.6 is 0 Å². The Bertz CT molecular complexity index is 956. The van der Waals surface area contributed by atoms with Gasteiger partial charge in [-0.25, -0.2) is 8.42 Å². The van der Waals surface area contributed by atoms with E-state index in [0.717, 1.165) is 12.8 Å². The van der Waals surface area contributed by atoms with Crippen LogP contribution in [0.4, 0.5) is 0 Å². The molecule has 0 amide bonds. The zero-order valence-electron chi connectivity index (χ0n) is 38.0. The molecule has 0 aliphatic rings. The Hall–Kier alpha value is -0.910. The van der Waals surface area contributed by atoms with Crippen molar-refractivity contribution in [2.45, 2.75) is 264 Å². The van der Waals surface area contributed by atoms with Crippen LogP contribution in [0.1, 0.15) is 258 Å². The van der Waals surface area contributed by atoms with Gasteiger partial charge in [-0.15, -0.1) is 0 Å². The molecule has 0 fully saturated rings.